The van der Waals surface area contributed by atoms with E-state index in [1.54, 1.807) is 31.2 Å². The Labute approximate surface area is 125 Å². The molecule has 0 amide bonds. The van der Waals surface area contributed by atoms with Crippen molar-refractivity contribution in [1.29, 1.82) is 0 Å². The first kappa shape index (κ1) is 15.7. The third-order valence-electron chi connectivity index (χ3n) is 4.09. The second-order valence-corrected chi connectivity index (χ2v) is 5.79. The monoisotopic (exact) mass is 290 g/mol. The van der Waals surface area contributed by atoms with Gasteiger partial charge in [-0.25, -0.2) is 4.79 Å². The van der Waals surface area contributed by atoms with E-state index >= 15 is 0 Å². The maximum absolute atomic E-state index is 11.9. The van der Waals surface area contributed by atoms with Crippen molar-refractivity contribution in [2.45, 2.75) is 31.8 Å². The second kappa shape index (κ2) is 6.87. The number of rotatable bonds is 5. The minimum absolute atomic E-state index is 0.0201. The van der Waals surface area contributed by atoms with Crippen LogP contribution in [0.1, 0.15) is 36.5 Å². The predicted molar refractivity (Wildman–Crippen MR) is 79.9 cm³/mol. The number of carbonyl (C=O) groups is 1. The highest BCUT2D eigenvalue weighted by atomic mass is 16.5. The summed E-state index contributed by atoms with van der Waals surface area (Å²) in [7, 11) is 0. The summed E-state index contributed by atoms with van der Waals surface area (Å²) in [5.41, 5.74) is 0.449. The third-order valence-corrected chi connectivity index (χ3v) is 4.09. The summed E-state index contributed by atoms with van der Waals surface area (Å²) in [6.07, 6.45) is 4.25. The van der Waals surface area contributed by atoms with Crippen LogP contribution in [0.2, 0.25) is 0 Å². The van der Waals surface area contributed by atoms with E-state index in [1.807, 2.05) is 12.1 Å². The number of carbonyl (C=O) groups excluding carboxylic acids is 1. The van der Waals surface area contributed by atoms with Gasteiger partial charge in [-0.1, -0.05) is 24.3 Å². The molecular formula is C17H22O4. The summed E-state index contributed by atoms with van der Waals surface area (Å²) in [4.78, 5) is 11.9. The van der Waals surface area contributed by atoms with E-state index in [-0.39, 0.29) is 19.1 Å². The third kappa shape index (κ3) is 4.16. The van der Waals surface area contributed by atoms with Crippen LogP contribution in [0.4, 0.5) is 0 Å². The van der Waals surface area contributed by atoms with Gasteiger partial charge in [0, 0.05) is 0 Å². The summed E-state index contributed by atoms with van der Waals surface area (Å²) in [6.45, 7) is 1.76. The molecular weight excluding hydrogens is 268 g/mol. The maximum Gasteiger partial charge on any atom is 0.338 e. The number of hydrogen-bond acceptors (Lipinski definition) is 4. The van der Waals surface area contributed by atoms with Gasteiger partial charge in [0.15, 0.2) is 0 Å². The van der Waals surface area contributed by atoms with E-state index in [1.165, 1.54) is 0 Å². The van der Waals surface area contributed by atoms with Crippen LogP contribution in [-0.4, -0.2) is 35.0 Å². The van der Waals surface area contributed by atoms with E-state index in [4.69, 9.17) is 9.84 Å². The zero-order valence-corrected chi connectivity index (χ0v) is 12.3. The molecule has 1 unspecified atom stereocenters. The van der Waals surface area contributed by atoms with E-state index in [2.05, 4.69) is 0 Å². The number of aliphatic hydroxyl groups is 2. The van der Waals surface area contributed by atoms with Crippen LogP contribution in [0.5, 0.6) is 0 Å². The number of allylic oxidation sites excluding steroid dienone is 1. The SMILES string of the molecule is CC(O)(COC(=O)c1ccccc1)[C@H]1CC=C(CO)CC1. The fraction of sp³-hybridized carbons (Fsp3) is 0.471. The Balaban J connectivity index is 1.90. The Morgan fingerprint density at radius 3 is 2.67 bits per heavy atom. The van der Waals surface area contributed by atoms with Crippen LogP contribution in [0.3, 0.4) is 0 Å². The molecule has 1 aromatic carbocycles. The molecule has 1 aromatic rings. The molecule has 4 heteroatoms. The molecule has 2 atom stereocenters. The Kier molecular flexibility index (Phi) is 5.15. The van der Waals surface area contributed by atoms with Crippen molar-refractivity contribution >= 4 is 5.97 Å². The summed E-state index contributed by atoms with van der Waals surface area (Å²) >= 11 is 0. The number of aliphatic hydroxyl groups excluding tert-OH is 1. The molecule has 0 bridgehead atoms. The van der Waals surface area contributed by atoms with Gasteiger partial charge in [0.2, 0.25) is 0 Å². The second-order valence-electron chi connectivity index (χ2n) is 5.79. The molecule has 2 rings (SSSR count). The number of hydrogen-bond donors (Lipinski definition) is 2. The molecule has 2 N–H and O–H groups in total. The Hall–Kier alpha value is -1.65. The van der Waals surface area contributed by atoms with Crippen LogP contribution < -0.4 is 0 Å². The lowest BCUT2D eigenvalue weighted by Gasteiger charge is -2.34. The van der Waals surface area contributed by atoms with Gasteiger partial charge in [-0.2, -0.15) is 0 Å². The van der Waals surface area contributed by atoms with Gasteiger partial charge in [0.25, 0.3) is 0 Å². The normalized spacial score (nSPS) is 21.3. The molecule has 4 nitrogen and oxygen atoms in total. The van der Waals surface area contributed by atoms with Gasteiger partial charge in [0.05, 0.1) is 17.8 Å². The topological polar surface area (TPSA) is 66.8 Å². The minimum atomic E-state index is -1.05. The van der Waals surface area contributed by atoms with Crippen molar-refractivity contribution in [3.05, 3.63) is 47.5 Å². The number of esters is 1. The highest BCUT2D eigenvalue weighted by Gasteiger charge is 2.34. The van der Waals surface area contributed by atoms with Gasteiger partial charge in [0.1, 0.15) is 6.61 Å². The maximum atomic E-state index is 11.9. The molecule has 0 heterocycles. The zero-order valence-electron chi connectivity index (χ0n) is 12.3. The molecule has 0 saturated heterocycles. The van der Waals surface area contributed by atoms with Crippen molar-refractivity contribution in [2.24, 2.45) is 5.92 Å². The van der Waals surface area contributed by atoms with E-state index in [0.717, 1.165) is 18.4 Å². The average molecular weight is 290 g/mol. The lowest BCUT2D eigenvalue weighted by atomic mass is 9.79. The molecule has 1 aliphatic rings. The van der Waals surface area contributed by atoms with Crippen molar-refractivity contribution < 1.29 is 19.7 Å². The first-order valence-corrected chi connectivity index (χ1v) is 7.26. The smallest absolute Gasteiger partial charge is 0.338 e. The predicted octanol–water partition coefficient (Wildman–Crippen LogP) is 2.31. The number of ether oxygens (including phenoxy) is 1. The standard InChI is InChI=1S/C17H22O4/c1-17(20,15-9-7-13(11-18)8-10-15)12-21-16(19)14-5-3-2-4-6-14/h2-7,15,18,20H,8-12H2,1H3/t15-,17?/m0/s1. The lowest BCUT2D eigenvalue weighted by molar-refractivity contribution is -0.0601. The summed E-state index contributed by atoms with van der Waals surface area (Å²) in [5, 5.41) is 19.6. The van der Waals surface area contributed by atoms with E-state index < -0.39 is 11.6 Å². The fourth-order valence-corrected chi connectivity index (χ4v) is 2.58. The van der Waals surface area contributed by atoms with Gasteiger partial charge >= 0.3 is 5.97 Å². The minimum Gasteiger partial charge on any atom is -0.459 e. The Bertz CT molecular complexity index is 505. The first-order valence-electron chi connectivity index (χ1n) is 7.26. The summed E-state index contributed by atoms with van der Waals surface area (Å²) in [5.74, 6) is -0.380. The number of benzene rings is 1. The molecule has 21 heavy (non-hydrogen) atoms. The van der Waals surface area contributed by atoms with Gasteiger partial charge in [-0.05, 0) is 49.8 Å². The lowest BCUT2D eigenvalue weighted by Crippen LogP contribution is -2.41. The molecule has 0 saturated carbocycles. The Morgan fingerprint density at radius 2 is 2.10 bits per heavy atom. The van der Waals surface area contributed by atoms with Crippen molar-refractivity contribution in [1.82, 2.24) is 0 Å². The highest BCUT2D eigenvalue weighted by Crippen LogP contribution is 2.32. The van der Waals surface area contributed by atoms with Crippen LogP contribution in [0.25, 0.3) is 0 Å². The zero-order chi connectivity index (χ0) is 15.3. The van der Waals surface area contributed by atoms with E-state index in [0.29, 0.717) is 12.0 Å². The molecule has 0 radical (unpaired) electrons. The van der Waals surface area contributed by atoms with Crippen molar-refractivity contribution in [3.8, 4) is 0 Å². The summed E-state index contributed by atoms with van der Waals surface area (Å²) in [6, 6.07) is 8.76. The molecule has 114 valence electrons. The van der Waals surface area contributed by atoms with Crippen molar-refractivity contribution in [3.63, 3.8) is 0 Å². The van der Waals surface area contributed by atoms with Crippen molar-refractivity contribution in [2.75, 3.05) is 13.2 Å². The quantitative estimate of drug-likeness (QED) is 0.645. The molecule has 0 aliphatic heterocycles. The van der Waals surface area contributed by atoms with E-state index in [9.17, 15) is 9.90 Å². The van der Waals surface area contributed by atoms with Gasteiger partial charge in [-0.3, -0.25) is 0 Å². The van der Waals surface area contributed by atoms with Gasteiger partial charge in [-0.15, -0.1) is 0 Å². The van der Waals surface area contributed by atoms with Crippen LogP contribution in [-0.2, 0) is 4.74 Å². The van der Waals surface area contributed by atoms with Gasteiger partial charge < -0.3 is 14.9 Å². The fourth-order valence-electron chi connectivity index (χ4n) is 2.58. The largest absolute Gasteiger partial charge is 0.459 e. The Morgan fingerprint density at radius 1 is 1.38 bits per heavy atom. The summed E-state index contributed by atoms with van der Waals surface area (Å²) < 4.78 is 5.24. The molecule has 0 fully saturated rings. The molecule has 0 spiro atoms. The highest BCUT2D eigenvalue weighted by molar-refractivity contribution is 5.89. The first-order chi connectivity index (χ1) is 10.0. The molecule has 1 aliphatic carbocycles. The average Bonchev–Trinajstić information content (AvgIpc) is 2.53. The van der Waals surface area contributed by atoms with Crippen LogP contribution >= 0.6 is 0 Å². The molecule has 0 aromatic heterocycles. The van der Waals surface area contributed by atoms with Crippen LogP contribution in [0, 0.1) is 5.92 Å². The van der Waals surface area contributed by atoms with Crippen LogP contribution in [0.15, 0.2) is 42.0 Å².